The second kappa shape index (κ2) is 8.70. The average Bonchev–Trinajstić information content (AvgIpc) is 3.39. The molecule has 2 amide bonds. The van der Waals surface area contributed by atoms with Crippen molar-refractivity contribution in [2.24, 2.45) is 5.73 Å². The zero-order valence-corrected chi connectivity index (χ0v) is 17.4. The van der Waals surface area contributed by atoms with Gasteiger partial charge in [-0.25, -0.2) is 13.8 Å². The van der Waals surface area contributed by atoms with Gasteiger partial charge >= 0.3 is 5.69 Å². The van der Waals surface area contributed by atoms with Crippen LogP contribution in [0.15, 0.2) is 48.8 Å². The number of carbonyl (C=O) groups excluding carboxylic acids is 2. The molecule has 0 saturated carbocycles. The first-order valence-electron chi connectivity index (χ1n) is 9.32. The number of halogens is 2. The standard InChI is InChI=1S/C20H14F2N6O4S/c21-18(22)13-6-12(10-4-2-1-3-5-10)15-16(17(19(23)30)33-20(15)25-13)26-14(29)9-27-8-11(7-24-27)28(31)32/h1-8,18H,9H2,(H2,23,30)(H,26,29). The van der Waals surface area contributed by atoms with E-state index in [1.807, 2.05) is 0 Å². The van der Waals surface area contributed by atoms with Gasteiger partial charge in [-0.05, 0) is 17.2 Å². The van der Waals surface area contributed by atoms with Crippen LogP contribution in [-0.4, -0.2) is 31.5 Å². The number of pyridine rings is 1. The number of carbonyl (C=O) groups is 2. The van der Waals surface area contributed by atoms with Crippen LogP contribution in [-0.2, 0) is 11.3 Å². The Morgan fingerprint density at radius 1 is 1.27 bits per heavy atom. The quantitative estimate of drug-likeness (QED) is 0.309. The predicted octanol–water partition coefficient (Wildman–Crippen LogP) is 3.74. The summed E-state index contributed by atoms with van der Waals surface area (Å²) in [6, 6.07) is 9.78. The molecular weight excluding hydrogens is 458 g/mol. The molecular formula is C20H14F2N6O4S. The zero-order chi connectivity index (χ0) is 23.7. The van der Waals surface area contributed by atoms with Gasteiger partial charge < -0.3 is 11.1 Å². The first-order chi connectivity index (χ1) is 15.7. The number of fused-ring (bicyclic) bond motifs is 1. The van der Waals surface area contributed by atoms with Crippen molar-refractivity contribution < 1.29 is 23.3 Å². The normalized spacial score (nSPS) is 11.1. The summed E-state index contributed by atoms with van der Waals surface area (Å²) in [4.78, 5) is 38.9. The van der Waals surface area contributed by atoms with Gasteiger partial charge in [0.2, 0.25) is 5.91 Å². The van der Waals surface area contributed by atoms with Crippen LogP contribution in [0.3, 0.4) is 0 Å². The minimum atomic E-state index is -2.86. The lowest BCUT2D eigenvalue weighted by molar-refractivity contribution is -0.385. The van der Waals surface area contributed by atoms with Gasteiger partial charge in [-0.3, -0.25) is 24.4 Å². The summed E-state index contributed by atoms with van der Waals surface area (Å²) in [6.07, 6.45) is -0.790. The van der Waals surface area contributed by atoms with E-state index in [0.717, 1.165) is 28.4 Å². The Balaban J connectivity index is 1.82. The van der Waals surface area contributed by atoms with E-state index in [4.69, 9.17) is 5.73 Å². The molecule has 4 rings (SSSR count). The highest BCUT2D eigenvalue weighted by molar-refractivity contribution is 7.21. The molecule has 10 nitrogen and oxygen atoms in total. The van der Waals surface area contributed by atoms with E-state index in [9.17, 15) is 28.5 Å². The van der Waals surface area contributed by atoms with Crippen molar-refractivity contribution in [2.75, 3.05) is 5.32 Å². The Labute approximate surface area is 187 Å². The predicted molar refractivity (Wildman–Crippen MR) is 116 cm³/mol. The van der Waals surface area contributed by atoms with Crippen LogP contribution in [0.1, 0.15) is 21.8 Å². The van der Waals surface area contributed by atoms with Crippen molar-refractivity contribution in [1.29, 1.82) is 0 Å². The molecule has 168 valence electrons. The fraction of sp³-hybridized carbons (Fsp3) is 0.100. The third kappa shape index (κ3) is 4.39. The molecule has 0 saturated heterocycles. The average molecular weight is 472 g/mol. The number of nitro groups is 1. The van der Waals surface area contributed by atoms with Crippen LogP contribution >= 0.6 is 11.3 Å². The number of anilines is 1. The SMILES string of the molecule is NC(=O)c1sc2nc(C(F)F)cc(-c3ccccc3)c2c1NC(=O)Cn1cc([N+](=O)[O-])cn1. The lowest BCUT2D eigenvalue weighted by atomic mass is 10.0. The number of hydrogen-bond acceptors (Lipinski definition) is 7. The number of amides is 2. The van der Waals surface area contributed by atoms with E-state index in [2.05, 4.69) is 15.4 Å². The minimum Gasteiger partial charge on any atom is -0.365 e. The molecule has 0 aliphatic heterocycles. The number of nitrogens with two attached hydrogens (primary N) is 1. The Morgan fingerprint density at radius 2 is 2.00 bits per heavy atom. The maximum absolute atomic E-state index is 13.5. The summed E-state index contributed by atoms with van der Waals surface area (Å²) in [5, 5.41) is 17.4. The second-order valence-corrected chi connectivity index (χ2v) is 7.81. The summed E-state index contributed by atoms with van der Waals surface area (Å²) in [5.74, 6) is -1.53. The molecule has 0 bridgehead atoms. The van der Waals surface area contributed by atoms with Crippen molar-refractivity contribution in [3.63, 3.8) is 0 Å². The number of nitrogens with one attached hydrogen (secondary N) is 1. The van der Waals surface area contributed by atoms with E-state index in [1.54, 1.807) is 30.3 Å². The summed E-state index contributed by atoms with van der Waals surface area (Å²) >= 11 is 0.783. The molecule has 4 aromatic rings. The van der Waals surface area contributed by atoms with Gasteiger partial charge in [-0.15, -0.1) is 11.3 Å². The summed E-state index contributed by atoms with van der Waals surface area (Å²) in [6.45, 7) is -0.396. The van der Waals surface area contributed by atoms with Crippen molar-refractivity contribution in [3.05, 3.63) is 69.5 Å². The Hall–Kier alpha value is -4.26. The molecule has 33 heavy (non-hydrogen) atoms. The van der Waals surface area contributed by atoms with Crippen LogP contribution < -0.4 is 11.1 Å². The summed E-state index contributed by atoms with van der Waals surface area (Å²) in [5.41, 5.74) is 5.64. The summed E-state index contributed by atoms with van der Waals surface area (Å²) < 4.78 is 28.0. The summed E-state index contributed by atoms with van der Waals surface area (Å²) in [7, 11) is 0. The number of primary amides is 1. The lowest BCUT2D eigenvalue weighted by Gasteiger charge is -2.11. The number of hydrogen-bond donors (Lipinski definition) is 2. The van der Waals surface area contributed by atoms with Gasteiger partial charge in [-0.1, -0.05) is 30.3 Å². The van der Waals surface area contributed by atoms with Gasteiger partial charge in [0.25, 0.3) is 12.3 Å². The van der Waals surface area contributed by atoms with Crippen molar-refractivity contribution in [2.45, 2.75) is 13.0 Å². The highest BCUT2D eigenvalue weighted by Gasteiger charge is 2.25. The highest BCUT2D eigenvalue weighted by Crippen LogP contribution is 2.42. The number of alkyl halides is 2. The molecule has 3 N–H and O–H groups in total. The number of nitrogens with zero attached hydrogens (tertiary/aromatic N) is 4. The third-order valence-electron chi connectivity index (χ3n) is 4.61. The van der Waals surface area contributed by atoms with E-state index in [-0.39, 0.29) is 26.5 Å². The highest BCUT2D eigenvalue weighted by atomic mass is 32.1. The maximum atomic E-state index is 13.5. The van der Waals surface area contributed by atoms with Crippen molar-refractivity contribution in [3.8, 4) is 11.1 Å². The molecule has 13 heteroatoms. The first kappa shape index (κ1) is 22.0. The Kier molecular flexibility index (Phi) is 5.79. The molecule has 0 atom stereocenters. The fourth-order valence-electron chi connectivity index (χ4n) is 3.23. The van der Waals surface area contributed by atoms with Gasteiger partial charge in [0.1, 0.15) is 34.3 Å². The number of aromatic nitrogens is 3. The van der Waals surface area contributed by atoms with Gasteiger partial charge in [0, 0.05) is 5.39 Å². The van der Waals surface area contributed by atoms with Crippen LogP contribution in [0.5, 0.6) is 0 Å². The van der Waals surface area contributed by atoms with E-state index in [1.165, 1.54) is 6.07 Å². The largest absolute Gasteiger partial charge is 0.365 e. The second-order valence-electron chi connectivity index (χ2n) is 6.81. The molecule has 0 aliphatic rings. The third-order valence-corrected chi connectivity index (χ3v) is 5.71. The smallest absolute Gasteiger partial charge is 0.307 e. The number of rotatable bonds is 7. The minimum absolute atomic E-state index is 0.0290. The van der Waals surface area contributed by atoms with Gasteiger partial charge in [0.05, 0.1) is 10.6 Å². The Morgan fingerprint density at radius 3 is 2.61 bits per heavy atom. The molecule has 1 aromatic carbocycles. The maximum Gasteiger partial charge on any atom is 0.307 e. The van der Waals surface area contributed by atoms with Crippen LogP contribution in [0.4, 0.5) is 20.2 Å². The van der Waals surface area contributed by atoms with Gasteiger partial charge in [0.15, 0.2) is 0 Å². The van der Waals surface area contributed by atoms with Crippen LogP contribution in [0.25, 0.3) is 21.3 Å². The first-order valence-corrected chi connectivity index (χ1v) is 10.1. The molecule has 3 aromatic heterocycles. The van der Waals surface area contributed by atoms with E-state index in [0.29, 0.717) is 11.1 Å². The lowest BCUT2D eigenvalue weighted by Crippen LogP contribution is -2.21. The fourth-order valence-corrected chi connectivity index (χ4v) is 4.24. The monoisotopic (exact) mass is 472 g/mol. The molecule has 0 fully saturated rings. The molecule has 0 aliphatic carbocycles. The van der Waals surface area contributed by atoms with E-state index >= 15 is 0 Å². The molecule has 0 spiro atoms. The van der Waals surface area contributed by atoms with Crippen LogP contribution in [0.2, 0.25) is 0 Å². The Bertz CT molecular complexity index is 1390. The number of thiophene rings is 1. The zero-order valence-electron chi connectivity index (χ0n) is 16.6. The van der Waals surface area contributed by atoms with Gasteiger partial charge in [-0.2, -0.15) is 5.10 Å². The molecule has 0 unspecified atom stereocenters. The topological polar surface area (TPSA) is 146 Å². The number of benzene rings is 1. The van der Waals surface area contributed by atoms with Crippen LogP contribution in [0, 0.1) is 10.1 Å². The van der Waals surface area contributed by atoms with Crippen molar-refractivity contribution >= 4 is 44.7 Å². The van der Waals surface area contributed by atoms with E-state index < -0.39 is 35.4 Å². The molecule has 0 radical (unpaired) electrons. The molecule has 3 heterocycles. The van der Waals surface area contributed by atoms with Crippen molar-refractivity contribution in [1.82, 2.24) is 14.8 Å².